The number of halogens is 2. The van der Waals surface area contributed by atoms with Gasteiger partial charge in [-0.25, -0.2) is 9.00 Å². The molecule has 19 heavy (non-hydrogen) atoms. The van der Waals surface area contributed by atoms with Crippen molar-refractivity contribution >= 4 is 16.8 Å². The summed E-state index contributed by atoms with van der Waals surface area (Å²) in [7, 11) is -3.00. The first-order valence-corrected chi connectivity index (χ1v) is 6.50. The van der Waals surface area contributed by atoms with Gasteiger partial charge >= 0.3 is 11.2 Å². The van der Waals surface area contributed by atoms with Crippen molar-refractivity contribution in [1.82, 2.24) is 0 Å². The predicted octanol–water partition coefficient (Wildman–Crippen LogP) is 1.63. The third-order valence-corrected chi connectivity index (χ3v) is 3.74. The zero-order chi connectivity index (χ0) is 14.0. The van der Waals surface area contributed by atoms with Crippen molar-refractivity contribution in [3.8, 4) is 11.5 Å². The number of hydrogen-bond donors (Lipinski definition) is 1. The minimum Gasteiger partial charge on any atom is -0.490 e. The first-order chi connectivity index (χ1) is 8.93. The van der Waals surface area contributed by atoms with E-state index >= 15 is 0 Å². The van der Waals surface area contributed by atoms with Gasteiger partial charge < -0.3 is 14.6 Å². The molecule has 0 aliphatic carbocycles. The fraction of sp³-hybridized carbons (Fsp3) is 0.364. The predicted molar refractivity (Wildman–Crippen MR) is 61.0 cm³/mol. The van der Waals surface area contributed by atoms with E-state index in [1.165, 1.54) is 6.07 Å². The molecule has 0 bridgehead atoms. The summed E-state index contributed by atoms with van der Waals surface area (Å²) in [5.41, 5.74) is 0. The summed E-state index contributed by atoms with van der Waals surface area (Å²) in [6, 6.07) is 3.60. The number of carboxylic acids is 1. The summed E-state index contributed by atoms with van der Waals surface area (Å²) in [6.07, 6.45) is 0.637. The zero-order valence-electron chi connectivity index (χ0n) is 9.60. The molecule has 1 aromatic carbocycles. The van der Waals surface area contributed by atoms with Crippen LogP contribution in [-0.4, -0.2) is 33.8 Å². The number of hydrogen-bond acceptors (Lipinski definition) is 4. The largest absolute Gasteiger partial charge is 0.490 e. The van der Waals surface area contributed by atoms with E-state index in [0.717, 1.165) is 12.1 Å². The number of benzene rings is 1. The van der Waals surface area contributed by atoms with Gasteiger partial charge in [-0.3, -0.25) is 0 Å². The molecule has 1 unspecified atom stereocenters. The highest BCUT2D eigenvalue weighted by atomic mass is 32.2. The Morgan fingerprint density at radius 3 is 2.53 bits per heavy atom. The van der Waals surface area contributed by atoms with E-state index in [1.807, 2.05) is 0 Å². The van der Waals surface area contributed by atoms with Crippen LogP contribution in [0.25, 0.3) is 0 Å². The molecule has 0 aromatic heterocycles. The van der Waals surface area contributed by atoms with E-state index in [1.54, 1.807) is 0 Å². The van der Waals surface area contributed by atoms with E-state index < -0.39 is 22.0 Å². The smallest absolute Gasteiger partial charge is 0.419 e. The van der Waals surface area contributed by atoms with E-state index in [-0.39, 0.29) is 10.6 Å². The van der Waals surface area contributed by atoms with Gasteiger partial charge in [0.2, 0.25) is 0 Å². The number of alkyl halides is 2. The lowest BCUT2D eigenvalue weighted by Gasteiger charge is -2.13. The van der Waals surface area contributed by atoms with Crippen molar-refractivity contribution in [3.05, 3.63) is 18.2 Å². The number of ether oxygens (including phenoxy) is 2. The molecule has 5 nitrogen and oxygen atoms in total. The molecular weight excluding hydrogens is 282 g/mol. The summed E-state index contributed by atoms with van der Waals surface area (Å²) in [5.74, 6) is -1.89. The Balaban J connectivity index is 2.34. The summed E-state index contributed by atoms with van der Waals surface area (Å²) < 4.78 is 48.4. The van der Waals surface area contributed by atoms with Crippen LogP contribution >= 0.6 is 0 Å². The minimum atomic E-state index is -4.35. The Bertz CT molecular complexity index is 532. The Morgan fingerprint density at radius 1 is 1.26 bits per heavy atom. The monoisotopic (exact) mass is 292 g/mol. The summed E-state index contributed by atoms with van der Waals surface area (Å²) >= 11 is 0. The number of carbonyl (C=O) groups is 1. The SMILES string of the molecule is O=C(O)C(F)(F)S(=O)c1ccc2c(c1)OCCCO2. The molecule has 2 rings (SSSR count). The second-order valence-electron chi connectivity index (χ2n) is 3.75. The Labute approximate surface area is 109 Å². The zero-order valence-corrected chi connectivity index (χ0v) is 10.4. The first-order valence-electron chi connectivity index (χ1n) is 5.35. The maximum Gasteiger partial charge on any atom is 0.419 e. The molecule has 1 N–H and O–H groups in total. The van der Waals surface area contributed by atoms with Crippen LogP contribution in [0.3, 0.4) is 0 Å². The summed E-state index contributed by atoms with van der Waals surface area (Å²) in [6.45, 7) is 0.777. The molecule has 0 saturated heterocycles. The van der Waals surface area contributed by atoms with E-state index in [2.05, 4.69) is 0 Å². The first kappa shape index (κ1) is 13.7. The molecule has 1 atom stereocenters. The summed E-state index contributed by atoms with van der Waals surface area (Å²) in [5, 5.41) is 4.01. The number of aliphatic carboxylic acids is 1. The number of fused-ring (bicyclic) bond motifs is 1. The van der Waals surface area contributed by atoms with Crippen molar-refractivity contribution in [2.24, 2.45) is 0 Å². The van der Waals surface area contributed by atoms with Gasteiger partial charge in [-0.2, -0.15) is 8.78 Å². The van der Waals surface area contributed by atoms with Crippen molar-refractivity contribution in [3.63, 3.8) is 0 Å². The van der Waals surface area contributed by atoms with Gasteiger partial charge in [0, 0.05) is 17.4 Å². The normalized spacial score (nSPS) is 16.5. The topological polar surface area (TPSA) is 72.8 Å². The van der Waals surface area contributed by atoms with Crippen LogP contribution in [0.15, 0.2) is 23.1 Å². The second-order valence-corrected chi connectivity index (χ2v) is 5.27. The van der Waals surface area contributed by atoms with Gasteiger partial charge in [0.15, 0.2) is 11.5 Å². The molecule has 1 aromatic rings. The van der Waals surface area contributed by atoms with E-state index in [0.29, 0.717) is 25.4 Å². The standard InChI is InChI=1S/C11H10F2O5S/c12-11(13,10(14)15)19(16)7-2-3-8-9(6-7)18-5-1-4-17-8/h2-3,6H,1,4-5H2,(H,14,15). The van der Waals surface area contributed by atoms with Crippen LogP contribution in [0.4, 0.5) is 8.78 Å². The van der Waals surface area contributed by atoms with Crippen molar-refractivity contribution < 1.29 is 32.4 Å². The van der Waals surface area contributed by atoms with Gasteiger partial charge in [0.05, 0.1) is 13.2 Å². The van der Waals surface area contributed by atoms with Crippen LogP contribution in [0, 0.1) is 0 Å². The maximum absolute atomic E-state index is 13.2. The van der Waals surface area contributed by atoms with Crippen LogP contribution in [0.1, 0.15) is 6.42 Å². The van der Waals surface area contributed by atoms with Crippen LogP contribution in [-0.2, 0) is 15.6 Å². The lowest BCUT2D eigenvalue weighted by atomic mass is 10.3. The molecular formula is C11H10F2O5S. The molecule has 8 heteroatoms. The van der Waals surface area contributed by atoms with E-state index in [4.69, 9.17) is 14.6 Å². The Morgan fingerprint density at radius 2 is 1.89 bits per heavy atom. The van der Waals surface area contributed by atoms with Crippen molar-refractivity contribution in [2.75, 3.05) is 13.2 Å². The molecule has 0 amide bonds. The second kappa shape index (κ2) is 5.12. The quantitative estimate of drug-likeness (QED) is 0.916. The molecule has 1 aliphatic heterocycles. The molecule has 0 saturated carbocycles. The highest BCUT2D eigenvalue weighted by molar-refractivity contribution is 7.87. The Kier molecular flexibility index (Phi) is 3.70. The molecule has 0 spiro atoms. The molecule has 0 radical (unpaired) electrons. The third kappa shape index (κ3) is 2.67. The molecule has 1 heterocycles. The number of rotatable bonds is 3. The number of carboxylic acid groups (broad SMARTS) is 1. The summed E-state index contributed by atoms with van der Waals surface area (Å²) in [4.78, 5) is 10.1. The van der Waals surface area contributed by atoms with Crippen LogP contribution < -0.4 is 9.47 Å². The van der Waals surface area contributed by atoms with Gasteiger partial charge in [-0.1, -0.05) is 0 Å². The highest BCUT2D eigenvalue weighted by Crippen LogP contribution is 2.34. The fourth-order valence-electron chi connectivity index (χ4n) is 1.49. The molecule has 104 valence electrons. The fourth-order valence-corrected chi connectivity index (χ4v) is 2.35. The van der Waals surface area contributed by atoms with Crippen LogP contribution in [0.5, 0.6) is 11.5 Å². The highest BCUT2D eigenvalue weighted by Gasteiger charge is 2.47. The lowest BCUT2D eigenvalue weighted by molar-refractivity contribution is -0.153. The van der Waals surface area contributed by atoms with Gasteiger partial charge in [0.1, 0.15) is 10.8 Å². The third-order valence-electron chi connectivity index (χ3n) is 2.41. The van der Waals surface area contributed by atoms with Crippen LogP contribution in [0.2, 0.25) is 0 Å². The van der Waals surface area contributed by atoms with E-state index in [9.17, 15) is 17.8 Å². The molecule has 0 fully saturated rings. The average Bonchev–Trinajstić information content (AvgIpc) is 2.61. The lowest BCUT2D eigenvalue weighted by Crippen LogP contribution is -2.33. The van der Waals surface area contributed by atoms with Gasteiger partial charge in [0.25, 0.3) is 0 Å². The van der Waals surface area contributed by atoms with Crippen molar-refractivity contribution in [2.45, 2.75) is 16.6 Å². The van der Waals surface area contributed by atoms with Gasteiger partial charge in [-0.15, -0.1) is 0 Å². The maximum atomic E-state index is 13.2. The Hall–Kier alpha value is -1.70. The molecule has 1 aliphatic rings. The van der Waals surface area contributed by atoms with Crippen molar-refractivity contribution in [1.29, 1.82) is 0 Å². The minimum absolute atomic E-state index is 0.185. The van der Waals surface area contributed by atoms with Gasteiger partial charge in [-0.05, 0) is 12.1 Å². The average molecular weight is 292 g/mol.